The summed E-state index contributed by atoms with van der Waals surface area (Å²) in [6.07, 6.45) is 0. The second-order valence-electron chi connectivity index (χ2n) is 5.48. The van der Waals surface area contributed by atoms with Gasteiger partial charge in [0.05, 0.1) is 5.56 Å². The van der Waals surface area contributed by atoms with Gasteiger partial charge in [-0.25, -0.2) is 4.79 Å². The molecule has 3 amide bonds. The summed E-state index contributed by atoms with van der Waals surface area (Å²) in [6.45, 7) is 0.415. The number of rotatable bonds is 6. The maximum Gasteiger partial charge on any atom is 0.317 e. The van der Waals surface area contributed by atoms with Gasteiger partial charge in [-0.3, -0.25) is 10.1 Å². The zero-order valence-electron chi connectivity index (χ0n) is 13.8. The van der Waals surface area contributed by atoms with Crippen molar-refractivity contribution in [2.75, 3.05) is 5.32 Å². The fourth-order valence-corrected chi connectivity index (χ4v) is 3.54. The number of anilines is 1. The Morgan fingerprint density at radius 2 is 1.69 bits per heavy atom. The molecule has 0 unspecified atom stereocenters. The summed E-state index contributed by atoms with van der Waals surface area (Å²) in [5, 5.41) is 2.76. The van der Waals surface area contributed by atoms with E-state index >= 15 is 0 Å². The van der Waals surface area contributed by atoms with Gasteiger partial charge in [0.15, 0.2) is 0 Å². The lowest BCUT2D eigenvalue weighted by atomic mass is 10.1. The quantitative estimate of drug-likeness (QED) is 0.619. The van der Waals surface area contributed by atoms with Crippen LogP contribution in [-0.2, 0) is 6.61 Å². The number of primary amides is 2. The largest absolute Gasteiger partial charge is 0.488 e. The predicted octanol–water partition coefficient (Wildman–Crippen LogP) is 3.58. The number of amides is 3. The highest BCUT2D eigenvalue weighted by molar-refractivity contribution is 7.20. The molecule has 26 heavy (non-hydrogen) atoms. The zero-order chi connectivity index (χ0) is 18.5. The lowest BCUT2D eigenvalue weighted by Crippen LogP contribution is -2.21. The first-order valence-electron chi connectivity index (χ1n) is 7.81. The molecule has 0 saturated heterocycles. The first-order chi connectivity index (χ1) is 12.5. The van der Waals surface area contributed by atoms with Gasteiger partial charge in [0.25, 0.3) is 5.91 Å². The van der Waals surface area contributed by atoms with Crippen LogP contribution in [0.1, 0.15) is 15.9 Å². The molecule has 1 aromatic heterocycles. The van der Waals surface area contributed by atoms with Crippen LogP contribution in [0.4, 0.5) is 9.80 Å². The number of carbonyl (C=O) groups is 2. The first kappa shape index (κ1) is 17.5. The molecule has 0 aliphatic heterocycles. The predicted molar refractivity (Wildman–Crippen MR) is 102 cm³/mol. The highest BCUT2D eigenvalue weighted by Crippen LogP contribution is 2.39. The lowest BCUT2D eigenvalue weighted by molar-refractivity contribution is 0.100. The SMILES string of the molecule is NC(=O)Nc1sc(-c2ccccc2OCc2ccccc2)cc1C(N)=O. The number of carbonyl (C=O) groups excluding carboxylic acids is 2. The topological polar surface area (TPSA) is 107 Å². The van der Waals surface area contributed by atoms with Crippen molar-refractivity contribution >= 4 is 28.3 Å². The van der Waals surface area contributed by atoms with E-state index < -0.39 is 11.9 Å². The number of para-hydroxylation sites is 1. The van der Waals surface area contributed by atoms with Crippen LogP contribution in [-0.4, -0.2) is 11.9 Å². The second kappa shape index (κ2) is 7.71. The van der Waals surface area contributed by atoms with Crippen LogP contribution in [0.5, 0.6) is 5.75 Å². The molecule has 5 N–H and O–H groups in total. The normalized spacial score (nSPS) is 10.3. The average molecular weight is 367 g/mol. The van der Waals surface area contributed by atoms with Crippen LogP contribution in [0.2, 0.25) is 0 Å². The molecule has 0 saturated carbocycles. The minimum atomic E-state index is -0.755. The highest BCUT2D eigenvalue weighted by atomic mass is 32.1. The van der Waals surface area contributed by atoms with Crippen LogP contribution in [0.25, 0.3) is 10.4 Å². The Morgan fingerprint density at radius 1 is 1.00 bits per heavy atom. The van der Waals surface area contributed by atoms with E-state index in [4.69, 9.17) is 16.2 Å². The van der Waals surface area contributed by atoms with Crippen molar-refractivity contribution in [3.8, 4) is 16.2 Å². The molecule has 3 rings (SSSR count). The number of benzene rings is 2. The van der Waals surface area contributed by atoms with E-state index in [9.17, 15) is 9.59 Å². The summed E-state index contributed by atoms with van der Waals surface area (Å²) in [5.41, 5.74) is 12.6. The van der Waals surface area contributed by atoms with Gasteiger partial charge in [-0.15, -0.1) is 11.3 Å². The monoisotopic (exact) mass is 367 g/mol. The molecule has 0 radical (unpaired) electrons. The molecular weight excluding hydrogens is 350 g/mol. The number of nitrogens with two attached hydrogens (primary N) is 2. The van der Waals surface area contributed by atoms with Crippen molar-refractivity contribution < 1.29 is 14.3 Å². The summed E-state index contributed by atoms with van der Waals surface area (Å²) in [7, 11) is 0. The molecule has 0 spiro atoms. The maximum atomic E-state index is 11.6. The third-order valence-corrected chi connectivity index (χ3v) is 4.71. The Kier molecular flexibility index (Phi) is 5.19. The fraction of sp³-hybridized carbons (Fsp3) is 0.0526. The van der Waals surface area contributed by atoms with E-state index in [2.05, 4.69) is 5.32 Å². The molecule has 3 aromatic rings. The fourth-order valence-electron chi connectivity index (χ4n) is 2.44. The molecular formula is C19H17N3O3S. The summed E-state index contributed by atoms with van der Waals surface area (Å²) in [4.78, 5) is 23.5. The molecule has 2 aromatic carbocycles. The van der Waals surface area contributed by atoms with Gasteiger partial charge >= 0.3 is 6.03 Å². The van der Waals surface area contributed by atoms with Gasteiger partial charge in [-0.1, -0.05) is 42.5 Å². The minimum Gasteiger partial charge on any atom is -0.488 e. The lowest BCUT2D eigenvalue weighted by Gasteiger charge is -2.10. The van der Waals surface area contributed by atoms with Crippen LogP contribution >= 0.6 is 11.3 Å². The van der Waals surface area contributed by atoms with E-state index in [0.717, 1.165) is 16.0 Å². The van der Waals surface area contributed by atoms with Gasteiger partial charge < -0.3 is 16.2 Å². The third kappa shape index (κ3) is 4.01. The van der Waals surface area contributed by atoms with E-state index in [1.807, 2.05) is 54.6 Å². The second-order valence-corrected chi connectivity index (χ2v) is 6.53. The van der Waals surface area contributed by atoms with Crippen LogP contribution in [0.15, 0.2) is 60.7 Å². The standard InChI is InChI=1S/C19H17N3O3S/c20-17(23)14-10-16(26-18(14)22-19(21)24)13-8-4-5-9-15(13)25-11-12-6-2-1-3-7-12/h1-10H,11H2,(H2,20,23)(H3,21,22,24). The Bertz CT molecular complexity index is 938. The molecule has 0 aliphatic rings. The summed E-state index contributed by atoms with van der Waals surface area (Å²) < 4.78 is 5.95. The van der Waals surface area contributed by atoms with E-state index in [-0.39, 0.29) is 5.56 Å². The Balaban J connectivity index is 1.92. The number of hydrogen-bond donors (Lipinski definition) is 3. The zero-order valence-corrected chi connectivity index (χ0v) is 14.6. The molecule has 0 bridgehead atoms. The van der Waals surface area contributed by atoms with Gasteiger partial charge in [0, 0.05) is 10.4 Å². The van der Waals surface area contributed by atoms with Gasteiger partial charge in [-0.2, -0.15) is 0 Å². The van der Waals surface area contributed by atoms with Gasteiger partial charge in [-0.05, 0) is 23.8 Å². The number of ether oxygens (including phenoxy) is 1. The molecule has 7 heteroatoms. The van der Waals surface area contributed by atoms with Crippen molar-refractivity contribution in [2.24, 2.45) is 11.5 Å². The van der Waals surface area contributed by atoms with Crippen molar-refractivity contribution in [3.05, 3.63) is 71.8 Å². The van der Waals surface area contributed by atoms with Gasteiger partial charge in [0.1, 0.15) is 17.4 Å². The average Bonchev–Trinajstić information content (AvgIpc) is 3.04. The van der Waals surface area contributed by atoms with Crippen molar-refractivity contribution in [1.29, 1.82) is 0 Å². The maximum absolute atomic E-state index is 11.6. The number of hydrogen-bond acceptors (Lipinski definition) is 4. The molecule has 0 atom stereocenters. The van der Waals surface area contributed by atoms with E-state index in [1.165, 1.54) is 11.3 Å². The molecule has 132 valence electrons. The first-order valence-corrected chi connectivity index (χ1v) is 8.62. The Morgan fingerprint density at radius 3 is 2.38 bits per heavy atom. The number of thiophene rings is 1. The Hall–Kier alpha value is -3.32. The summed E-state index contributed by atoms with van der Waals surface area (Å²) in [6, 6.07) is 18.1. The Labute approximate surface area is 154 Å². The van der Waals surface area contributed by atoms with Crippen molar-refractivity contribution in [2.45, 2.75) is 6.61 Å². The molecule has 0 fully saturated rings. The highest BCUT2D eigenvalue weighted by Gasteiger charge is 2.18. The molecule has 6 nitrogen and oxygen atoms in total. The van der Waals surface area contributed by atoms with E-state index in [1.54, 1.807) is 6.07 Å². The van der Waals surface area contributed by atoms with E-state index in [0.29, 0.717) is 17.4 Å². The van der Waals surface area contributed by atoms with Crippen molar-refractivity contribution in [1.82, 2.24) is 0 Å². The summed E-state index contributed by atoms with van der Waals surface area (Å²) >= 11 is 1.21. The molecule has 0 aliphatic carbocycles. The van der Waals surface area contributed by atoms with Gasteiger partial charge in [0.2, 0.25) is 0 Å². The number of urea groups is 1. The van der Waals surface area contributed by atoms with Crippen LogP contribution < -0.4 is 21.5 Å². The summed E-state index contributed by atoms with van der Waals surface area (Å²) in [5.74, 6) is 0.0261. The van der Waals surface area contributed by atoms with Crippen molar-refractivity contribution in [3.63, 3.8) is 0 Å². The third-order valence-electron chi connectivity index (χ3n) is 3.62. The smallest absolute Gasteiger partial charge is 0.317 e. The molecule has 1 heterocycles. The number of nitrogens with one attached hydrogen (secondary N) is 1. The van der Waals surface area contributed by atoms with Crippen LogP contribution in [0, 0.1) is 0 Å². The minimum absolute atomic E-state index is 0.210. The van der Waals surface area contributed by atoms with Crippen LogP contribution in [0.3, 0.4) is 0 Å².